The summed E-state index contributed by atoms with van der Waals surface area (Å²) in [4.78, 5) is 21.1. The van der Waals surface area contributed by atoms with E-state index in [2.05, 4.69) is 50.0 Å². The van der Waals surface area contributed by atoms with E-state index in [1.165, 1.54) is 0 Å². The van der Waals surface area contributed by atoms with Crippen LogP contribution in [-0.2, 0) is 16.2 Å². The molecule has 7 nitrogen and oxygen atoms in total. The van der Waals surface area contributed by atoms with Gasteiger partial charge in [-0.1, -0.05) is 0 Å². The maximum atomic E-state index is 12.2. The molecule has 0 saturated carbocycles. The highest BCUT2D eigenvalue weighted by Crippen LogP contribution is 2.33. The largest absolute Gasteiger partial charge is 0.444 e. The average Bonchev–Trinajstić information content (AvgIpc) is 3.00. The predicted molar refractivity (Wildman–Crippen MR) is 127 cm³/mol. The van der Waals surface area contributed by atoms with Crippen LogP contribution in [0.2, 0.25) is 0 Å². The van der Waals surface area contributed by atoms with Crippen molar-refractivity contribution in [3.05, 3.63) is 35.0 Å². The van der Waals surface area contributed by atoms with E-state index in [-0.39, 0.29) is 6.04 Å². The Hall–Kier alpha value is -1.58. The Balaban J connectivity index is 2.23. The zero-order valence-corrected chi connectivity index (χ0v) is 21.3. The Kier molecular flexibility index (Phi) is 8.35. The van der Waals surface area contributed by atoms with Gasteiger partial charge in [0.15, 0.2) is 0 Å². The molecule has 2 aromatic rings. The lowest BCUT2D eigenvalue weighted by molar-refractivity contribution is 0.0498. The number of nitrogens with one attached hydrogen (secondary N) is 1. The number of alkyl carbamates (subject to hydrolysis) is 1. The number of carbonyl (C=O) groups excluding carboxylic acids is 1. The molecule has 0 saturated heterocycles. The average molecular weight is 501 g/mol. The molecule has 9 heteroatoms. The van der Waals surface area contributed by atoms with Crippen molar-refractivity contribution in [2.45, 2.75) is 46.1 Å². The summed E-state index contributed by atoms with van der Waals surface area (Å²) < 4.78 is 14.1. The number of nitrogens with zero attached hydrogens (tertiary/aromatic N) is 3. The van der Waals surface area contributed by atoms with Crippen LogP contribution in [0, 0.1) is 0 Å². The molecule has 0 bridgehead atoms. The van der Waals surface area contributed by atoms with Gasteiger partial charge in [-0.3, -0.25) is 0 Å². The summed E-state index contributed by atoms with van der Waals surface area (Å²) in [5.74, 6) is 1.72. The SMILES string of the molecule is C[C@H](NC(=O)OC(C)(C)C)c1ncc(-c2ccc(Br)nc2)n1COCCS(C)(C)C. The van der Waals surface area contributed by atoms with Gasteiger partial charge in [0.05, 0.1) is 24.5 Å². The number of carbonyl (C=O) groups is 1. The zero-order valence-electron chi connectivity index (χ0n) is 18.9. The molecule has 2 rings (SSSR count). The Morgan fingerprint density at radius 2 is 1.93 bits per heavy atom. The summed E-state index contributed by atoms with van der Waals surface area (Å²) in [7, 11) is -0.631. The smallest absolute Gasteiger partial charge is 0.408 e. The number of hydrogen-bond donors (Lipinski definition) is 1. The van der Waals surface area contributed by atoms with Crippen molar-refractivity contribution in [3.8, 4) is 11.3 Å². The monoisotopic (exact) mass is 500 g/mol. The summed E-state index contributed by atoms with van der Waals surface area (Å²) >= 11 is 3.37. The highest BCUT2D eigenvalue weighted by atomic mass is 79.9. The molecule has 1 atom stereocenters. The minimum absolute atomic E-state index is 0.344. The molecule has 0 aliphatic carbocycles. The number of hydrogen-bond acceptors (Lipinski definition) is 5. The van der Waals surface area contributed by atoms with E-state index in [4.69, 9.17) is 9.47 Å². The molecule has 30 heavy (non-hydrogen) atoms. The van der Waals surface area contributed by atoms with Crippen molar-refractivity contribution in [3.63, 3.8) is 0 Å². The van der Waals surface area contributed by atoms with Crippen molar-refractivity contribution >= 4 is 32.1 Å². The van der Waals surface area contributed by atoms with Crippen molar-refractivity contribution in [1.82, 2.24) is 19.9 Å². The number of pyridine rings is 1. The predicted octanol–water partition coefficient (Wildman–Crippen LogP) is 4.96. The van der Waals surface area contributed by atoms with Crippen molar-refractivity contribution in [2.24, 2.45) is 0 Å². The van der Waals surface area contributed by atoms with E-state index in [9.17, 15) is 4.79 Å². The number of halogens is 1. The molecule has 1 amide bonds. The second-order valence-corrected chi connectivity index (χ2v) is 14.4. The first-order valence-electron chi connectivity index (χ1n) is 9.76. The lowest BCUT2D eigenvalue weighted by atomic mass is 10.2. The molecule has 168 valence electrons. The lowest BCUT2D eigenvalue weighted by Gasteiger charge is -2.25. The molecular formula is C21H33BrN4O3S. The molecule has 1 N–H and O–H groups in total. The van der Waals surface area contributed by atoms with E-state index in [1.54, 1.807) is 12.4 Å². The van der Waals surface area contributed by atoms with E-state index in [0.29, 0.717) is 19.2 Å². The molecular weight excluding hydrogens is 468 g/mol. The van der Waals surface area contributed by atoms with Crippen LogP contribution in [0.15, 0.2) is 29.1 Å². The first-order valence-corrected chi connectivity index (χ1v) is 13.6. The van der Waals surface area contributed by atoms with Crippen LogP contribution in [0.4, 0.5) is 4.79 Å². The number of rotatable bonds is 8. The van der Waals surface area contributed by atoms with Crippen molar-refractivity contribution < 1.29 is 14.3 Å². The maximum Gasteiger partial charge on any atom is 0.408 e. The van der Waals surface area contributed by atoms with Gasteiger partial charge in [-0.15, -0.1) is 0 Å². The zero-order chi connectivity index (χ0) is 22.5. The molecule has 2 heterocycles. The number of imidazole rings is 1. The molecule has 0 fully saturated rings. The topological polar surface area (TPSA) is 78.3 Å². The third-order valence-electron chi connectivity index (χ3n) is 4.09. The quantitative estimate of drug-likeness (QED) is 0.409. The first kappa shape index (κ1) is 24.7. The Morgan fingerprint density at radius 3 is 2.50 bits per heavy atom. The minimum atomic E-state index is -0.631. The van der Waals surface area contributed by atoms with Crippen LogP contribution in [-0.4, -0.2) is 57.4 Å². The van der Waals surface area contributed by atoms with Crippen LogP contribution in [0.1, 0.15) is 39.6 Å². The van der Waals surface area contributed by atoms with E-state index >= 15 is 0 Å². The molecule has 0 aliphatic heterocycles. The van der Waals surface area contributed by atoms with Crippen molar-refractivity contribution in [1.29, 1.82) is 0 Å². The van der Waals surface area contributed by atoms with Gasteiger partial charge >= 0.3 is 6.09 Å². The Morgan fingerprint density at radius 1 is 1.23 bits per heavy atom. The van der Waals surface area contributed by atoms with Crippen LogP contribution in [0.3, 0.4) is 0 Å². The maximum absolute atomic E-state index is 12.2. The fourth-order valence-corrected chi connectivity index (χ4v) is 3.50. The molecule has 2 aromatic heterocycles. The van der Waals surface area contributed by atoms with Crippen LogP contribution in [0.25, 0.3) is 11.3 Å². The molecule has 0 spiro atoms. The first-order chi connectivity index (χ1) is 13.9. The summed E-state index contributed by atoms with van der Waals surface area (Å²) in [6.07, 6.45) is 9.90. The highest BCUT2D eigenvalue weighted by molar-refractivity contribution is 9.10. The number of ether oxygens (including phenoxy) is 2. The number of aromatic nitrogens is 3. The Labute approximate surface area is 189 Å². The fraction of sp³-hybridized carbons (Fsp3) is 0.571. The van der Waals surface area contributed by atoms with E-state index in [1.807, 2.05) is 44.4 Å². The van der Waals surface area contributed by atoms with Gasteiger partial charge in [-0.2, -0.15) is 0 Å². The van der Waals surface area contributed by atoms with E-state index in [0.717, 1.165) is 21.6 Å². The third kappa shape index (κ3) is 7.92. The van der Waals surface area contributed by atoms with Gasteiger partial charge < -0.3 is 19.4 Å². The third-order valence-corrected chi connectivity index (χ3v) is 5.95. The van der Waals surface area contributed by atoms with Crippen molar-refractivity contribution in [2.75, 3.05) is 31.1 Å². The highest BCUT2D eigenvalue weighted by Gasteiger charge is 2.22. The Bertz CT molecular complexity index is 841. The summed E-state index contributed by atoms with van der Waals surface area (Å²) in [5.41, 5.74) is 1.24. The van der Waals surface area contributed by atoms with Gasteiger partial charge in [-0.25, -0.2) is 24.8 Å². The minimum Gasteiger partial charge on any atom is -0.444 e. The van der Waals surface area contributed by atoms with Crippen LogP contribution >= 0.6 is 26.0 Å². The molecule has 0 aliphatic rings. The molecule has 0 aromatic carbocycles. The van der Waals surface area contributed by atoms with Gasteiger partial charge in [0, 0.05) is 17.5 Å². The van der Waals surface area contributed by atoms with Gasteiger partial charge in [0.1, 0.15) is 22.8 Å². The molecule has 0 radical (unpaired) electrons. The van der Waals surface area contributed by atoms with Gasteiger partial charge in [0.2, 0.25) is 0 Å². The second kappa shape index (κ2) is 10.2. The molecule has 0 unspecified atom stereocenters. The summed E-state index contributed by atoms with van der Waals surface area (Å²) in [6.45, 7) is 8.40. The van der Waals surface area contributed by atoms with Crippen LogP contribution in [0.5, 0.6) is 0 Å². The van der Waals surface area contributed by atoms with E-state index < -0.39 is 21.7 Å². The standard InChI is InChI=1S/C21H33BrN4O3S/c1-15(25-20(27)29-21(2,3)4)19-24-13-17(16-8-9-18(22)23-12-16)26(19)14-28-10-11-30(5,6)7/h8-9,12-13,15H,10-11,14H2,1-7H3,(H,25,27)/t15-/m0/s1. The lowest BCUT2D eigenvalue weighted by Crippen LogP contribution is -2.35. The normalized spacial score (nSPS) is 13.7. The van der Waals surface area contributed by atoms with Gasteiger partial charge in [-0.05, 0) is 74.5 Å². The van der Waals surface area contributed by atoms with Crippen LogP contribution < -0.4 is 5.32 Å². The summed E-state index contributed by atoms with van der Waals surface area (Å²) in [6, 6.07) is 3.51. The second-order valence-electron chi connectivity index (χ2n) is 9.00. The fourth-order valence-electron chi connectivity index (χ4n) is 2.64. The van der Waals surface area contributed by atoms with Gasteiger partial charge in [0.25, 0.3) is 0 Å². The number of amides is 1. The summed E-state index contributed by atoms with van der Waals surface area (Å²) in [5, 5.41) is 2.86.